The standard InChI is InChI=1S/C25H32F4N4O5Si/c1-39(2,3)8-7-37-15-33-23(34)22(25(27,28)29)20(11-30-33)32-12-16-9-19(26)21(10-17(16)13-32)38-18-5-4-6-31(14-18)24(35)36/h9-11,18H,4-8,12-15H2,1-3H3,(H,35,36). The molecular weight excluding hydrogens is 540 g/mol. The summed E-state index contributed by atoms with van der Waals surface area (Å²) in [4.78, 5) is 26.6. The van der Waals surface area contributed by atoms with Crippen molar-refractivity contribution in [3.8, 4) is 5.75 Å². The van der Waals surface area contributed by atoms with Gasteiger partial charge < -0.3 is 24.4 Å². The summed E-state index contributed by atoms with van der Waals surface area (Å²) >= 11 is 0. The lowest BCUT2D eigenvalue weighted by atomic mass is 10.1. The highest BCUT2D eigenvalue weighted by atomic mass is 28.3. The summed E-state index contributed by atoms with van der Waals surface area (Å²) in [5, 5.41) is 13.1. The second-order valence-corrected chi connectivity index (χ2v) is 16.7. The Hall–Kier alpha value is -3.13. The average molecular weight is 573 g/mol. The molecule has 14 heteroatoms. The molecule has 214 valence electrons. The molecule has 1 unspecified atom stereocenters. The van der Waals surface area contributed by atoms with Crippen LogP contribution in [0.4, 0.5) is 28.0 Å². The number of nitrogens with zero attached hydrogens (tertiary/aromatic N) is 4. The molecule has 1 atom stereocenters. The molecule has 2 aliphatic rings. The zero-order valence-corrected chi connectivity index (χ0v) is 23.1. The van der Waals surface area contributed by atoms with Crippen molar-refractivity contribution in [1.29, 1.82) is 0 Å². The summed E-state index contributed by atoms with van der Waals surface area (Å²) in [5.74, 6) is -0.781. The summed E-state index contributed by atoms with van der Waals surface area (Å²) < 4.78 is 68.9. The number of alkyl halides is 3. The van der Waals surface area contributed by atoms with E-state index in [2.05, 4.69) is 24.7 Å². The minimum atomic E-state index is -4.94. The molecule has 0 aliphatic carbocycles. The molecule has 3 heterocycles. The number of rotatable bonds is 8. The molecule has 1 saturated heterocycles. The number of anilines is 1. The number of fused-ring (bicyclic) bond motifs is 1. The zero-order valence-electron chi connectivity index (χ0n) is 22.1. The fourth-order valence-corrected chi connectivity index (χ4v) is 5.41. The molecule has 4 rings (SSSR count). The second-order valence-electron chi connectivity index (χ2n) is 11.1. The number of hydrogen-bond donors (Lipinski definition) is 1. The summed E-state index contributed by atoms with van der Waals surface area (Å²) in [6, 6.07) is 3.42. The van der Waals surface area contributed by atoms with Crippen LogP contribution in [0.5, 0.6) is 5.75 Å². The number of benzene rings is 1. The first-order valence-corrected chi connectivity index (χ1v) is 16.4. The first-order chi connectivity index (χ1) is 18.2. The van der Waals surface area contributed by atoms with Gasteiger partial charge in [0.2, 0.25) is 0 Å². The van der Waals surface area contributed by atoms with Gasteiger partial charge >= 0.3 is 12.3 Å². The number of carboxylic acid groups (broad SMARTS) is 1. The smallest absolute Gasteiger partial charge is 0.423 e. The number of piperidine rings is 1. The molecule has 0 radical (unpaired) electrons. The third-order valence-corrected chi connectivity index (χ3v) is 8.48. The monoisotopic (exact) mass is 572 g/mol. The van der Waals surface area contributed by atoms with Gasteiger partial charge in [-0.2, -0.15) is 18.3 Å². The van der Waals surface area contributed by atoms with Crippen LogP contribution in [0.1, 0.15) is 29.5 Å². The Bertz CT molecular complexity index is 1280. The SMILES string of the molecule is C[Si](C)(C)CCOCn1ncc(N2Cc3cc(F)c(OC4CCCN(C(=O)O)C4)cc3C2)c(C(F)(F)F)c1=O. The van der Waals surface area contributed by atoms with Crippen LogP contribution in [-0.4, -0.2) is 59.8 Å². The van der Waals surface area contributed by atoms with Crippen molar-refractivity contribution in [2.75, 3.05) is 24.6 Å². The normalized spacial score (nSPS) is 17.9. The Morgan fingerprint density at radius 1 is 1.21 bits per heavy atom. The van der Waals surface area contributed by atoms with E-state index in [1.54, 1.807) is 0 Å². The number of amides is 1. The van der Waals surface area contributed by atoms with Gasteiger partial charge in [-0.3, -0.25) is 4.79 Å². The van der Waals surface area contributed by atoms with E-state index >= 15 is 0 Å². The van der Waals surface area contributed by atoms with Gasteiger partial charge in [0.15, 0.2) is 11.6 Å². The van der Waals surface area contributed by atoms with Gasteiger partial charge in [-0.05, 0) is 42.1 Å². The molecule has 2 aromatic rings. The van der Waals surface area contributed by atoms with E-state index in [0.29, 0.717) is 41.8 Å². The highest BCUT2D eigenvalue weighted by Gasteiger charge is 2.40. The Balaban J connectivity index is 1.52. The quantitative estimate of drug-likeness (QED) is 0.277. The largest absolute Gasteiger partial charge is 0.485 e. The third kappa shape index (κ3) is 6.90. The van der Waals surface area contributed by atoms with Gasteiger partial charge in [0.25, 0.3) is 5.56 Å². The van der Waals surface area contributed by atoms with E-state index in [4.69, 9.17) is 9.47 Å². The maximum Gasteiger partial charge on any atom is 0.423 e. The van der Waals surface area contributed by atoms with Crippen LogP contribution in [0.2, 0.25) is 25.7 Å². The van der Waals surface area contributed by atoms with E-state index < -0.39 is 49.1 Å². The lowest BCUT2D eigenvalue weighted by Crippen LogP contribution is -2.43. The van der Waals surface area contributed by atoms with Gasteiger partial charge in [0.05, 0.1) is 18.4 Å². The highest BCUT2D eigenvalue weighted by molar-refractivity contribution is 6.76. The minimum Gasteiger partial charge on any atom is -0.485 e. The van der Waals surface area contributed by atoms with Crippen LogP contribution in [0.25, 0.3) is 0 Å². The predicted octanol–water partition coefficient (Wildman–Crippen LogP) is 4.75. The van der Waals surface area contributed by atoms with Crippen molar-refractivity contribution in [1.82, 2.24) is 14.7 Å². The molecule has 0 saturated carbocycles. The molecule has 1 fully saturated rings. The molecule has 0 bridgehead atoms. The van der Waals surface area contributed by atoms with Gasteiger partial charge in [0.1, 0.15) is 18.4 Å². The van der Waals surface area contributed by atoms with Crippen molar-refractivity contribution in [2.24, 2.45) is 0 Å². The molecule has 1 aromatic heterocycles. The van der Waals surface area contributed by atoms with Gasteiger partial charge in [-0.1, -0.05) is 19.6 Å². The zero-order chi connectivity index (χ0) is 28.5. The third-order valence-electron chi connectivity index (χ3n) is 6.78. The lowest BCUT2D eigenvalue weighted by Gasteiger charge is -2.31. The molecule has 9 nitrogen and oxygen atoms in total. The molecule has 2 aliphatic heterocycles. The topological polar surface area (TPSA) is 97.1 Å². The van der Waals surface area contributed by atoms with Crippen LogP contribution < -0.4 is 15.2 Å². The summed E-state index contributed by atoms with van der Waals surface area (Å²) in [7, 11) is -1.42. The minimum absolute atomic E-state index is 0.0151. The summed E-state index contributed by atoms with van der Waals surface area (Å²) in [5.41, 5.74) is -2.05. The molecule has 0 spiro atoms. The predicted molar refractivity (Wildman–Crippen MR) is 137 cm³/mol. The number of halogens is 4. The van der Waals surface area contributed by atoms with Gasteiger partial charge in [0, 0.05) is 34.3 Å². The Labute approximate surface area is 223 Å². The average Bonchev–Trinajstić information content (AvgIpc) is 3.24. The van der Waals surface area contributed by atoms with Crippen molar-refractivity contribution in [3.05, 3.63) is 51.2 Å². The van der Waals surface area contributed by atoms with E-state index in [1.165, 1.54) is 21.9 Å². The second kappa shape index (κ2) is 11.2. The maximum absolute atomic E-state index is 14.9. The molecule has 39 heavy (non-hydrogen) atoms. The van der Waals surface area contributed by atoms with E-state index in [-0.39, 0.29) is 32.1 Å². The Morgan fingerprint density at radius 3 is 2.54 bits per heavy atom. The number of carbonyl (C=O) groups is 1. The van der Waals surface area contributed by atoms with Crippen LogP contribution in [0, 0.1) is 5.82 Å². The highest BCUT2D eigenvalue weighted by Crippen LogP contribution is 2.38. The van der Waals surface area contributed by atoms with Crippen molar-refractivity contribution in [3.63, 3.8) is 0 Å². The van der Waals surface area contributed by atoms with Crippen LogP contribution >= 0.6 is 0 Å². The molecule has 1 N–H and O–H groups in total. The van der Waals surface area contributed by atoms with Crippen LogP contribution in [0.15, 0.2) is 23.1 Å². The fraction of sp³-hybridized carbons (Fsp3) is 0.560. The summed E-state index contributed by atoms with van der Waals surface area (Å²) in [6.45, 7) is 6.73. The van der Waals surface area contributed by atoms with Gasteiger partial charge in [-0.15, -0.1) is 0 Å². The number of aromatic nitrogens is 2. The van der Waals surface area contributed by atoms with Crippen molar-refractivity contribution in [2.45, 2.75) is 70.6 Å². The van der Waals surface area contributed by atoms with Crippen molar-refractivity contribution < 1.29 is 36.9 Å². The van der Waals surface area contributed by atoms with Crippen molar-refractivity contribution >= 4 is 19.9 Å². The summed E-state index contributed by atoms with van der Waals surface area (Å²) in [6.07, 6.45) is -4.46. The van der Waals surface area contributed by atoms with Crippen LogP contribution in [-0.2, 0) is 30.7 Å². The van der Waals surface area contributed by atoms with Gasteiger partial charge in [-0.25, -0.2) is 13.9 Å². The lowest BCUT2D eigenvalue weighted by molar-refractivity contribution is -0.138. The molecular formula is C25H32F4N4O5Si. The number of ether oxygens (including phenoxy) is 2. The first-order valence-electron chi connectivity index (χ1n) is 12.7. The van der Waals surface area contributed by atoms with E-state index in [0.717, 1.165) is 12.2 Å². The Morgan fingerprint density at radius 2 is 1.90 bits per heavy atom. The Kier molecular flexibility index (Phi) is 8.26. The maximum atomic E-state index is 14.9. The van der Waals surface area contributed by atoms with E-state index in [1.807, 2.05) is 0 Å². The molecule has 1 amide bonds. The van der Waals surface area contributed by atoms with E-state index in [9.17, 15) is 32.3 Å². The first kappa shape index (κ1) is 28.9. The molecule has 1 aromatic carbocycles. The number of hydrogen-bond acceptors (Lipinski definition) is 6. The number of likely N-dealkylation sites (tertiary alicyclic amines) is 1. The van der Waals surface area contributed by atoms with Crippen LogP contribution in [0.3, 0.4) is 0 Å². The fourth-order valence-electron chi connectivity index (χ4n) is 4.65.